The molecule has 0 saturated carbocycles. The second kappa shape index (κ2) is 6.64. The third kappa shape index (κ3) is 4.45. The van der Waals surface area contributed by atoms with Gasteiger partial charge in [0.2, 0.25) is 0 Å². The minimum Gasteiger partial charge on any atom is -0.379 e. The maximum atomic E-state index is 5.39. The predicted octanol–water partition coefficient (Wildman–Crippen LogP) is 1.72. The van der Waals surface area contributed by atoms with E-state index in [1.807, 2.05) is 0 Å². The Kier molecular flexibility index (Phi) is 5.36. The predicted molar refractivity (Wildman–Crippen MR) is 59.1 cm³/mol. The van der Waals surface area contributed by atoms with Crippen LogP contribution in [0.15, 0.2) is 11.6 Å². The maximum Gasteiger partial charge on any atom is 0.0623 e. The van der Waals surface area contributed by atoms with Crippen molar-refractivity contribution in [3.05, 3.63) is 11.6 Å². The van der Waals surface area contributed by atoms with Gasteiger partial charge in [-0.15, -0.1) is 12.3 Å². The van der Waals surface area contributed by atoms with E-state index in [2.05, 4.69) is 24.2 Å². The van der Waals surface area contributed by atoms with E-state index in [0.717, 1.165) is 39.0 Å². The molecule has 0 radical (unpaired) electrons. The van der Waals surface area contributed by atoms with Gasteiger partial charge in [0.1, 0.15) is 0 Å². The molecule has 2 heteroatoms. The number of hydrogen-bond donors (Lipinski definition) is 1. The Hall–Kier alpha value is -0.780. The lowest BCUT2D eigenvalue weighted by Crippen LogP contribution is -2.41. The first-order valence-corrected chi connectivity index (χ1v) is 5.23. The monoisotopic (exact) mass is 193 g/mol. The number of rotatable bonds is 4. The molecule has 0 aromatic heterocycles. The molecule has 2 nitrogen and oxygen atoms in total. The minimum atomic E-state index is 0.492. The van der Waals surface area contributed by atoms with Crippen LogP contribution in [0.25, 0.3) is 0 Å². The molecule has 0 spiro atoms. The molecule has 1 N–H and O–H groups in total. The van der Waals surface area contributed by atoms with E-state index in [1.54, 1.807) is 0 Å². The Morgan fingerprint density at radius 1 is 1.71 bits per heavy atom. The SMILES string of the molecule is C#CCCC=C(C)CC1COCCN1. The second-order valence-electron chi connectivity index (χ2n) is 3.72. The molecule has 1 saturated heterocycles. The van der Waals surface area contributed by atoms with E-state index in [0.29, 0.717) is 6.04 Å². The molecule has 1 aliphatic rings. The van der Waals surface area contributed by atoms with Gasteiger partial charge in [0.05, 0.1) is 13.2 Å². The van der Waals surface area contributed by atoms with Crippen LogP contribution in [0.3, 0.4) is 0 Å². The summed E-state index contributed by atoms with van der Waals surface area (Å²) in [6.07, 6.45) is 10.3. The molecule has 1 rings (SSSR count). The van der Waals surface area contributed by atoms with E-state index in [-0.39, 0.29) is 0 Å². The van der Waals surface area contributed by atoms with Gasteiger partial charge >= 0.3 is 0 Å². The molecular weight excluding hydrogens is 174 g/mol. The highest BCUT2D eigenvalue weighted by molar-refractivity contribution is 5.02. The molecule has 1 atom stereocenters. The van der Waals surface area contributed by atoms with E-state index in [4.69, 9.17) is 11.2 Å². The van der Waals surface area contributed by atoms with Crippen molar-refractivity contribution in [3.8, 4) is 12.3 Å². The van der Waals surface area contributed by atoms with E-state index >= 15 is 0 Å². The number of morpholine rings is 1. The molecule has 0 amide bonds. The van der Waals surface area contributed by atoms with Crippen LogP contribution in [0.2, 0.25) is 0 Å². The Bertz CT molecular complexity index is 221. The summed E-state index contributed by atoms with van der Waals surface area (Å²) < 4.78 is 5.39. The zero-order valence-electron chi connectivity index (χ0n) is 8.88. The average Bonchev–Trinajstić information content (AvgIpc) is 2.20. The summed E-state index contributed by atoms with van der Waals surface area (Å²) in [4.78, 5) is 0. The third-order valence-electron chi connectivity index (χ3n) is 2.35. The van der Waals surface area contributed by atoms with Crippen molar-refractivity contribution in [2.24, 2.45) is 0 Å². The lowest BCUT2D eigenvalue weighted by molar-refractivity contribution is 0.0770. The van der Waals surface area contributed by atoms with Gasteiger partial charge in [0.25, 0.3) is 0 Å². The number of nitrogens with one attached hydrogen (secondary N) is 1. The van der Waals surface area contributed by atoms with E-state index < -0.39 is 0 Å². The standard InChI is InChI=1S/C12H19NO/c1-3-4-5-6-11(2)9-12-10-14-8-7-13-12/h1,6,12-13H,4-5,7-10H2,2H3. The lowest BCUT2D eigenvalue weighted by Gasteiger charge is -2.23. The topological polar surface area (TPSA) is 21.3 Å². The first-order valence-electron chi connectivity index (χ1n) is 5.23. The lowest BCUT2D eigenvalue weighted by atomic mass is 10.1. The van der Waals surface area contributed by atoms with Gasteiger partial charge < -0.3 is 10.1 Å². The fourth-order valence-electron chi connectivity index (χ4n) is 1.62. The van der Waals surface area contributed by atoms with Crippen LogP contribution in [-0.4, -0.2) is 25.8 Å². The molecular formula is C12H19NO. The molecule has 1 aliphatic heterocycles. The molecule has 0 aromatic carbocycles. The Morgan fingerprint density at radius 3 is 3.21 bits per heavy atom. The number of hydrogen-bond acceptors (Lipinski definition) is 2. The number of unbranched alkanes of at least 4 members (excludes halogenated alkanes) is 1. The first-order chi connectivity index (χ1) is 6.83. The normalized spacial score (nSPS) is 23.1. The van der Waals surface area contributed by atoms with Crippen LogP contribution < -0.4 is 5.32 Å². The molecule has 1 heterocycles. The molecule has 78 valence electrons. The van der Waals surface area contributed by atoms with Gasteiger partial charge in [-0.1, -0.05) is 11.6 Å². The van der Waals surface area contributed by atoms with Crippen LogP contribution in [-0.2, 0) is 4.74 Å². The Labute approximate surface area is 86.7 Å². The van der Waals surface area contributed by atoms with Gasteiger partial charge in [-0.2, -0.15) is 0 Å². The maximum absolute atomic E-state index is 5.39. The van der Waals surface area contributed by atoms with Gasteiger partial charge in [-0.3, -0.25) is 0 Å². The summed E-state index contributed by atoms with van der Waals surface area (Å²) in [6.45, 7) is 4.81. The minimum absolute atomic E-state index is 0.492. The van der Waals surface area contributed by atoms with E-state index in [1.165, 1.54) is 5.57 Å². The fraction of sp³-hybridized carbons (Fsp3) is 0.667. The highest BCUT2D eigenvalue weighted by Crippen LogP contribution is 2.08. The third-order valence-corrected chi connectivity index (χ3v) is 2.35. The zero-order chi connectivity index (χ0) is 10.2. The zero-order valence-corrected chi connectivity index (χ0v) is 8.88. The average molecular weight is 193 g/mol. The van der Waals surface area contributed by atoms with Crippen LogP contribution in [0.4, 0.5) is 0 Å². The summed E-state index contributed by atoms with van der Waals surface area (Å²) in [6, 6.07) is 0.492. The largest absolute Gasteiger partial charge is 0.379 e. The van der Waals surface area contributed by atoms with Crippen molar-refractivity contribution < 1.29 is 4.74 Å². The Balaban J connectivity index is 2.21. The van der Waals surface area contributed by atoms with Gasteiger partial charge in [-0.05, 0) is 19.8 Å². The molecule has 0 aliphatic carbocycles. The van der Waals surface area contributed by atoms with Crippen molar-refractivity contribution in [1.29, 1.82) is 0 Å². The van der Waals surface area contributed by atoms with Gasteiger partial charge in [-0.25, -0.2) is 0 Å². The summed E-state index contributed by atoms with van der Waals surface area (Å²) >= 11 is 0. The van der Waals surface area contributed by atoms with Gasteiger partial charge in [0.15, 0.2) is 0 Å². The molecule has 0 aromatic rings. The first kappa shape index (κ1) is 11.3. The molecule has 0 bridgehead atoms. The summed E-state index contributed by atoms with van der Waals surface area (Å²) in [7, 11) is 0. The second-order valence-corrected chi connectivity index (χ2v) is 3.72. The van der Waals surface area contributed by atoms with Crippen molar-refractivity contribution in [1.82, 2.24) is 5.32 Å². The number of terminal acetylenes is 1. The quantitative estimate of drug-likeness (QED) is 0.417. The van der Waals surface area contributed by atoms with Crippen molar-refractivity contribution in [3.63, 3.8) is 0 Å². The summed E-state index contributed by atoms with van der Waals surface area (Å²) in [5.74, 6) is 2.64. The smallest absolute Gasteiger partial charge is 0.0623 e. The molecule has 1 unspecified atom stereocenters. The van der Waals surface area contributed by atoms with Crippen molar-refractivity contribution >= 4 is 0 Å². The van der Waals surface area contributed by atoms with Crippen molar-refractivity contribution in [2.75, 3.05) is 19.8 Å². The van der Waals surface area contributed by atoms with Crippen LogP contribution in [0, 0.1) is 12.3 Å². The fourth-order valence-corrected chi connectivity index (χ4v) is 1.62. The highest BCUT2D eigenvalue weighted by atomic mass is 16.5. The Morgan fingerprint density at radius 2 is 2.57 bits per heavy atom. The molecule has 14 heavy (non-hydrogen) atoms. The van der Waals surface area contributed by atoms with Crippen LogP contribution in [0.5, 0.6) is 0 Å². The number of ether oxygens (including phenoxy) is 1. The van der Waals surface area contributed by atoms with E-state index in [9.17, 15) is 0 Å². The van der Waals surface area contributed by atoms with Crippen molar-refractivity contribution in [2.45, 2.75) is 32.2 Å². The molecule has 1 fully saturated rings. The summed E-state index contributed by atoms with van der Waals surface area (Å²) in [5.41, 5.74) is 1.41. The highest BCUT2D eigenvalue weighted by Gasteiger charge is 2.12. The summed E-state index contributed by atoms with van der Waals surface area (Å²) in [5, 5.41) is 3.43. The number of allylic oxidation sites excluding steroid dienone is 1. The van der Waals surface area contributed by atoms with Crippen LogP contribution >= 0.6 is 0 Å². The van der Waals surface area contributed by atoms with Crippen LogP contribution in [0.1, 0.15) is 26.2 Å². The van der Waals surface area contributed by atoms with Gasteiger partial charge in [0, 0.05) is 19.0 Å².